The Hall–Kier alpha value is -3.02. The number of carbonyl (C=O) groups is 2. The summed E-state index contributed by atoms with van der Waals surface area (Å²) in [5.41, 5.74) is 0.328. The summed E-state index contributed by atoms with van der Waals surface area (Å²) in [6.45, 7) is 1.75. The molecule has 0 fully saturated rings. The number of hydrogen-bond acceptors (Lipinski definition) is 3. The fraction of sp³-hybridized carbons (Fsp3) is 0.111. The van der Waals surface area contributed by atoms with Crippen LogP contribution in [0.4, 0.5) is 8.78 Å². The summed E-state index contributed by atoms with van der Waals surface area (Å²) in [5, 5.41) is 0. The van der Waals surface area contributed by atoms with Crippen molar-refractivity contribution in [3.63, 3.8) is 0 Å². The minimum Gasteiger partial charge on any atom is -0.462 e. The van der Waals surface area contributed by atoms with E-state index in [0.29, 0.717) is 11.8 Å². The fourth-order valence-electron chi connectivity index (χ4n) is 2.72. The third-order valence-electron chi connectivity index (χ3n) is 3.67. The van der Waals surface area contributed by atoms with Gasteiger partial charge < -0.3 is 9.14 Å². The van der Waals surface area contributed by atoms with Crippen LogP contribution in [0.15, 0.2) is 42.6 Å². The van der Waals surface area contributed by atoms with Gasteiger partial charge in [0.15, 0.2) is 6.29 Å². The Labute approximate surface area is 136 Å². The number of carbonyl (C=O) groups excluding carboxylic acids is 2. The van der Waals surface area contributed by atoms with Gasteiger partial charge in [0, 0.05) is 17.3 Å². The maximum Gasteiger partial charge on any atom is 0.340 e. The van der Waals surface area contributed by atoms with Gasteiger partial charge in [0.2, 0.25) is 0 Å². The van der Waals surface area contributed by atoms with Gasteiger partial charge >= 0.3 is 5.97 Å². The summed E-state index contributed by atoms with van der Waals surface area (Å²) in [7, 11) is 0. The van der Waals surface area contributed by atoms with Crippen LogP contribution in [0.25, 0.3) is 16.6 Å². The molecule has 0 unspecified atom stereocenters. The average molecular weight is 329 g/mol. The first kappa shape index (κ1) is 15.9. The van der Waals surface area contributed by atoms with Crippen molar-refractivity contribution in [2.45, 2.75) is 6.92 Å². The molecule has 0 atom stereocenters. The lowest BCUT2D eigenvalue weighted by Gasteiger charge is -2.07. The molecule has 0 saturated carbocycles. The fourth-order valence-corrected chi connectivity index (χ4v) is 2.72. The highest BCUT2D eigenvalue weighted by molar-refractivity contribution is 6.09. The van der Waals surface area contributed by atoms with Crippen LogP contribution in [-0.2, 0) is 4.74 Å². The van der Waals surface area contributed by atoms with Crippen LogP contribution in [0.5, 0.6) is 0 Å². The van der Waals surface area contributed by atoms with Crippen molar-refractivity contribution in [2.24, 2.45) is 0 Å². The van der Waals surface area contributed by atoms with Gasteiger partial charge in [-0.3, -0.25) is 4.79 Å². The highest BCUT2D eigenvalue weighted by Crippen LogP contribution is 2.35. The van der Waals surface area contributed by atoms with E-state index in [0.717, 1.165) is 18.2 Å². The number of hydrogen-bond donors (Lipinski definition) is 0. The summed E-state index contributed by atoms with van der Waals surface area (Å²) < 4.78 is 34.4. The molecule has 1 aromatic carbocycles. The van der Waals surface area contributed by atoms with Crippen LogP contribution in [0, 0.1) is 11.6 Å². The molecule has 0 bridgehead atoms. The van der Waals surface area contributed by atoms with E-state index >= 15 is 0 Å². The van der Waals surface area contributed by atoms with E-state index in [1.54, 1.807) is 31.3 Å². The maximum atomic E-state index is 14.3. The zero-order valence-corrected chi connectivity index (χ0v) is 12.8. The van der Waals surface area contributed by atoms with Gasteiger partial charge in [0.25, 0.3) is 0 Å². The number of fused-ring (bicyclic) bond motifs is 1. The minimum absolute atomic E-state index is 0.0200. The van der Waals surface area contributed by atoms with Crippen molar-refractivity contribution in [2.75, 3.05) is 6.61 Å². The Morgan fingerprint density at radius 3 is 2.75 bits per heavy atom. The van der Waals surface area contributed by atoms with E-state index in [-0.39, 0.29) is 29.0 Å². The van der Waals surface area contributed by atoms with Crippen molar-refractivity contribution in [1.82, 2.24) is 4.40 Å². The lowest BCUT2D eigenvalue weighted by Crippen LogP contribution is -2.06. The van der Waals surface area contributed by atoms with Gasteiger partial charge in [-0.05, 0) is 37.3 Å². The summed E-state index contributed by atoms with van der Waals surface area (Å²) in [6, 6.07) is 7.84. The smallest absolute Gasteiger partial charge is 0.340 e. The molecule has 0 amide bonds. The lowest BCUT2D eigenvalue weighted by atomic mass is 10.00. The number of halogens is 2. The molecule has 2 heterocycles. The van der Waals surface area contributed by atoms with Crippen LogP contribution in [0.1, 0.15) is 27.8 Å². The van der Waals surface area contributed by atoms with Crippen molar-refractivity contribution >= 4 is 17.8 Å². The molecule has 2 aromatic heterocycles. The quantitative estimate of drug-likeness (QED) is 0.539. The Morgan fingerprint density at radius 1 is 1.25 bits per heavy atom. The number of esters is 1. The monoisotopic (exact) mass is 329 g/mol. The minimum atomic E-state index is -0.735. The van der Waals surface area contributed by atoms with Crippen molar-refractivity contribution in [1.29, 1.82) is 0 Å². The van der Waals surface area contributed by atoms with Crippen LogP contribution < -0.4 is 0 Å². The Morgan fingerprint density at radius 2 is 2.04 bits per heavy atom. The summed E-state index contributed by atoms with van der Waals surface area (Å²) in [4.78, 5) is 24.0. The molecule has 122 valence electrons. The van der Waals surface area contributed by atoms with Gasteiger partial charge in [-0.2, -0.15) is 0 Å². The van der Waals surface area contributed by atoms with Gasteiger partial charge in [0.1, 0.15) is 11.6 Å². The normalized spacial score (nSPS) is 10.8. The van der Waals surface area contributed by atoms with Gasteiger partial charge in [-0.25, -0.2) is 13.6 Å². The highest BCUT2D eigenvalue weighted by atomic mass is 19.1. The second-order valence-electron chi connectivity index (χ2n) is 5.05. The molecule has 0 N–H and O–H groups in total. The lowest BCUT2D eigenvalue weighted by molar-refractivity contribution is 0.0529. The third-order valence-corrected chi connectivity index (χ3v) is 3.67. The predicted octanol–water partition coefficient (Wildman–Crippen LogP) is 3.87. The topological polar surface area (TPSA) is 47.8 Å². The molecule has 0 aliphatic carbocycles. The Balaban J connectivity index is 2.45. The van der Waals surface area contributed by atoms with Crippen LogP contribution in [0.3, 0.4) is 0 Å². The molecule has 24 heavy (non-hydrogen) atoms. The van der Waals surface area contributed by atoms with E-state index < -0.39 is 17.6 Å². The molecule has 6 heteroatoms. The van der Waals surface area contributed by atoms with Crippen molar-refractivity contribution < 1.29 is 23.1 Å². The zero-order valence-electron chi connectivity index (χ0n) is 12.8. The highest BCUT2D eigenvalue weighted by Gasteiger charge is 2.27. The standard InChI is InChI=1S/C18H13F2NO3/c1-2-24-18(23)17-14-5-3-4-8-21(14)15(10-22)16(17)12-9-11(19)6-7-13(12)20/h3-10H,2H2,1H3. The van der Waals surface area contributed by atoms with Gasteiger partial charge in [0.05, 0.1) is 23.4 Å². The van der Waals surface area contributed by atoms with E-state index in [9.17, 15) is 18.4 Å². The van der Waals surface area contributed by atoms with Crippen LogP contribution in [-0.4, -0.2) is 23.3 Å². The number of rotatable bonds is 4. The number of aromatic nitrogens is 1. The molecular weight excluding hydrogens is 316 g/mol. The van der Waals surface area contributed by atoms with Crippen molar-refractivity contribution in [3.8, 4) is 11.1 Å². The van der Waals surface area contributed by atoms with E-state index in [1.165, 1.54) is 4.40 Å². The first-order chi connectivity index (χ1) is 11.6. The van der Waals surface area contributed by atoms with E-state index in [4.69, 9.17) is 4.74 Å². The molecule has 0 radical (unpaired) electrons. The zero-order chi connectivity index (χ0) is 17.3. The molecule has 3 rings (SSSR count). The molecule has 0 aliphatic heterocycles. The summed E-state index contributed by atoms with van der Waals surface area (Å²) >= 11 is 0. The third kappa shape index (κ3) is 2.46. The number of nitrogens with zero attached hydrogens (tertiary/aromatic N) is 1. The number of ether oxygens (including phenoxy) is 1. The number of aldehydes is 1. The molecular formula is C18H13F2NO3. The number of pyridine rings is 1. The first-order valence-electron chi connectivity index (χ1n) is 7.29. The van der Waals surface area contributed by atoms with Gasteiger partial charge in [-0.15, -0.1) is 0 Å². The Bertz CT molecular complexity index is 947. The largest absolute Gasteiger partial charge is 0.462 e. The molecule has 0 aliphatic rings. The molecule has 4 nitrogen and oxygen atoms in total. The summed E-state index contributed by atoms with van der Waals surface area (Å²) in [5.74, 6) is -2.11. The Kier molecular flexibility index (Phi) is 4.12. The van der Waals surface area contributed by atoms with Gasteiger partial charge in [-0.1, -0.05) is 6.07 Å². The predicted molar refractivity (Wildman–Crippen MR) is 84.1 cm³/mol. The number of benzene rings is 1. The van der Waals surface area contributed by atoms with Crippen molar-refractivity contribution in [3.05, 3.63) is 65.5 Å². The van der Waals surface area contributed by atoms with E-state index in [1.807, 2.05) is 0 Å². The first-order valence-corrected chi connectivity index (χ1v) is 7.29. The average Bonchev–Trinajstić information content (AvgIpc) is 2.91. The second-order valence-corrected chi connectivity index (χ2v) is 5.05. The summed E-state index contributed by atoms with van der Waals surface area (Å²) in [6.07, 6.45) is 2.08. The molecule has 0 spiro atoms. The van der Waals surface area contributed by atoms with Crippen LogP contribution in [0.2, 0.25) is 0 Å². The van der Waals surface area contributed by atoms with Crippen LogP contribution >= 0.6 is 0 Å². The maximum absolute atomic E-state index is 14.3. The SMILES string of the molecule is CCOC(=O)c1c(-c2cc(F)ccc2F)c(C=O)n2ccccc12. The molecule has 0 saturated heterocycles. The van der Waals surface area contributed by atoms with E-state index in [2.05, 4.69) is 0 Å². The molecule has 3 aromatic rings. The second kappa shape index (κ2) is 6.23.